The van der Waals surface area contributed by atoms with Crippen LogP contribution in [0.25, 0.3) is 0 Å². The Bertz CT molecular complexity index is 55.9. The molecule has 0 aromatic carbocycles. The molecule has 0 atom stereocenters. The Morgan fingerprint density at radius 2 is 0.769 bits per heavy atom. The molecule has 0 aromatic rings. The monoisotopic (exact) mass is 202 g/mol. The van der Waals surface area contributed by atoms with Crippen molar-refractivity contribution < 1.29 is 9.47 Å². The van der Waals surface area contributed by atoms with E-state index in [0.717, 1.165) is 26.4 Å². The van der Waals surface area contributed by atoms with Crippen molar-refractivity contribution in [3.8, 4) is 0 Å². The fraction of sp³-hybridized carbons (Fsp3) is 1.00. The van der Waals surface area contributed by atoms with E-state index in [2.05, 4.69) is 0 Å². The fourth-order valence-corrected chi connectivity index (χ4v) is 1.37. The number of rotatable bonds is 0. The number of ether oxygens (including phenoxy) is 2. The van der Waals surface area contributed by atoms with Crippen LogP contribution in [-0.4, -0.2) is 43.8 Å². The zero-order valence-corrected chi connectivity index (χ0v) is 7.89. The zero-order valence-electron chi connectivity index (χ0n) is 7.89. The molecule has 78 valence electrons. The van der Waals surface area contributed by atoms with Crippen molar-refractivity contribution in [3.63, 3.8) is 0 Å². The van der Waals surface area contributed by atoms with E-state index in [1.165, 1.54) is 38.5 Å². The summed E-state index contributed by atoms with van der Waals surface area (Å²) in [6.45, 7) is 4.00. The van der Waals surface area contributed by atoms with Gasteiger partial charge in [-0.2, -0.15) is 0 Å². The van der Waals surface area contributed by atoms with E-state index in [1.54, 1.807) is 0 Å². The first-order chi connectivity index (χ1) is 6.00. The van der Waals surface area contributed by atoms with Gasteiger partial charge in [0, 0.05) is 26.4 Å². The zero-order chi connectivity index (χ0) is 8.49. The average molecular weight is 202 g/mol. The van der Waals surface area contributed by atoms with Crippen molar-refractivity contribution in [1.29, 1.82) is 0 Å². The largest absolute Gasteiger partial charge is 0.381 e. The molecule has 2 aliphatic heterocycles. The summed E-state index contributed by atoms with van der Waals surface area (Å²) in [5, 5.41) is 0. The van der Waals surface area contributed by atoms with Crippen LogP contribution < -0.4 is 0 Å². The third-order valence-electron chi connectivity index (χ3n) is 2.15. The number of hydrogen-bond acceptors (Lipinski definition) is 2. The first-order valence-electron chi connectivity index (χ1n) is 5.15. The van der Waals surface area contributed by atoms with E-state index in [9.17, 15) is 0 Å². The van der Waals surface area contributed by atoms with Gasteiger partial charge in [-0.05, 0) is 38.5 Å². The summed E-state index contributed by atoms with van der Waals surface area (Å²) in [6, 6.07) is 0. The smallest absolute Gasteiger partial charge is 0.187 e. The quantitative estimate of drug-likeness (QED) is 0.549. The van der Waals surface area contributed by atoms with Crippen LogP contribution in [0.15, 0.2) is 0 Å². The van der Waals surface area contributed by atoms with Crippen LogP contribution in [0.3, 0.4) is 0 Å². The van der Waals surface area contributed by atoms with Crippen molar-refractivity contribution in [1.82, 2.24) is 0 Å². The molecular formula is C10H23AlO2. The van der Waals surface area contributed by atoms with Crippen LogP contribution in [0, 0.1) is 0 Å². The second-order valence-electron chi connectivity index (χ2n) is 3.35. The minimum Gasteiger partial charge on any atom is -0.381 e. The lowest BCUT2D eigenvalue weighted by Crippen LogP contribution is -2.03. The molecule has 2 heterocycles. The average Bonchev–Trinajstić information content (AvgIpc) is 2.24. The molecule has 0 spiro atoms. The van der Waals surface area contributed by atoms with Crippen LogP contribution in [0.2, 0.25) is 0 Å². The first kappa shape index (κ1) is 13.5. The van der Waals surface area contributed by atoms with Crippen molar-refractivity contribution >= 4 is 17.4 Å². The lowest BCUT2D eigenvalue weighted by molar-refractivity contribution is 0.0967. The van der Waals surface area contributed by atoms with E-state index >= 15 is 0 Å². The van der Waals surface area contributed by atoms with Gasteiger partial charge in [-0.15, -0.1) is 0 Å². The van der Waals surface area contributed by atoms with Gasteiger partial charge in [0.15, 0.2) is 17.4 Å². The molecule has 0 N–H and O–H groups in total. The van der Waals surface area contributed by atoms with Gasteiger partial charge in [0.1, 0.15) is 0 Å². The molecular weight excluding hydrogens is 179 g/mol. The molecule has 3 heteroatoms. The third kappa shape index (κ3) is 8.77. The normalized spacial score (nSPS) is 22.2. The summed E-state index contributed by atoms with van der Waals surface area (Å²) in [5.41, 5.74) is 0. The van der Waals surface area contributed by atoms with Crippen LogP contribution in [0.5, 0.6) is 0 Å². The van der Waals surface area contributed by atoms with Crippen LogP contribution in [-0.2, 0) is 9.47 Å². The predicted molar refractivity (Wildman–Crippen MR) is 59.3 cm³/mol. The molecule has 13 heavy (non-hydrogen) atoms. The molecule has 0 radical (unpaired) electrons. The maximum atomic E-state index is 5.07. The van der Waals surface area contributed by atoms with Crippen molar-refractivity contribution in [2.45, 2.75) is 38.5 Å². The predicted octanol–water partition coefficient (Wildman–Crippen LogP) is 1.19. The molecule has 2 aliphatic rings. The highest BCUT2D eigenvalue weighted by Crippen LogP contribution is 2.02. The Morgan fingerprint density at radius 1 is 0.462 bits per heavy atom. The second kappa shape index (κ2) is 10.5. The third-order valence-corrected chi connectivity index (χ3v) is 2.15. The molecule has 0 bridgehead atoms. The van der Waals surface area contributed by atoms with Gasteiger partial charge >= 0.3 is 0 Å². The minimum atomic E-state index is 0. The second-order valence-corrected chi connectivity index (χ2v) is 3.35. The Kier molecular flexibility index (Phi) is 10.9. The van der Waals surface area contributed by atoms with E-state index < -0.39 is 0 Å². The van der Waals surface area contributed by atoms with Gasteiger partial charge in [0.2, 0.25) is 0 Å². The Labute approximate surface area is 92.1 Å². The van der Waals surface area contributed by atoms with Crippen molar-refractivity contribution in [2.75, 3.05) is 26.4 Å². The van der Waals surface area contributed by atoms with Gasteiger partial charge in [0.25, 0.3) is 0 Å². The fourth-order valence-electron chi connectivity index (χ4n) is 1.37. The maximum absolute atomic E-state index is 5.07. The van der Waals surface area contributed by atoms with Gasteiger partial charge in [-0.25, -0.2) is 0 Å². The van der Waals surface area contributed by atoms with Crippen LogP contribution >= 0.6 is 0 Å². The molecule has 0 unspecified atom stereocenters. The molecule has 2 fully saturated rings. The molecule has 2 nitrogen and oxygen atoms in total. The lowest BCUT2D eigenvalue weighted by atomic mass is 10.2. The lowest BCUT2D eigenvalue weighted by Gasteiger charge is -2.08. The Balaban J connectivity index is 0.000000206. The summed E-state index contributed by atoms with van der Waals surface area (Å²) in [5.74, 6) is 0. The van der Waals surface area contributed by atoms with Crippen molar-refractivity contribution in [2.24, 2.45) is 0 Å². The van der Waals surface area contributed by atoms with Crippen molar-refractivity contribution in [3.05, 3.63) is 0 Å². The minimum absolute atomic E-state index is 0. The summed E-state index contributed by atoms with van der Waals surface area (Å²) < 4.78 is 10.1. The van der Waals surface area contributed by atoms with E-state index in [1.807, 2.05) is 0 Å². The molecule has 0 aromatic heterocycles. The van der Waals surface area contributed by atoms with Gasteiger partial charge in [-0.1, -0.05) is 0 Å². The molecule has 0 amide bonds. The Morgan fingerprint density at radius 3 is 0.846 bits per heavy atom. The van der Waals surface area contributed by atoms with Gasteiger partial charge in [0.05, 0.1) is 0 Å². The van der Waals surface area contributed by atoms with E-state index in [4.69, 9.17) is 9.47 Å². The molecule has 0 saturated carbocycles. The SMILES string of the molecule is C1CCOCC1.C1CCOCC1.[AlH3]. The Hall–Kier alpha value is 0.452. The topological polar surface area (TPSA) is 18.5 Å². The summed E-state index contributed by atoms with van der Waals surface area (Å²) in [6.07, 6.45) is 7.86. The van der Waals surface area contributed by atoms with E-state index in [-0.39, 0.29) is 17.4 Å². The summed E-state index contributed by atoms with van der Waals surface area (Å²) in [7, 11) is 0. The maximum Gasteiger partial charge on any atom is 0.187 e. The van der Waals surface area contributed by atoms with Crippen LogP contribution in [0.1, 0.15) is 38.5 Å². The molecule has 2 saturated heterocycles. The highest BCUT2D eigenvalue weighted by Gasteiger charge is 1.95. The highest BCUT2D eigenvalue weighted by atomic mass is 27.0. The molecule has 0 aliphatic carbocycles. The van der Waals surface area contributed by atoms with E-state index in [0.29, 0.717) is 0 Å². The van der Waals surface area contributed by atoms with Gasteiger partial charge < -0.3 is 9.47 Å². The van der Waals surface area contributed by atoms with Gasteiger partial charge in [-0.3, -0.25) is 0 Å². The number of hydrogen-bond donors (Lipinski definition) is 0. The summed E-state index contributed by atoms with van der Waals surface area (Å²) >= 11 is 0. The van der Waals surface area contributed by atoms with Crippen LogP contribution in [0.4, 0.5) is 0 Å². The first-order valence-corrected chi connectivity index (χ1v) is 5.15. The molecule has 2 rings (SSSR count). The summed E-state index contributed by atoms with van der Waals surface area (Å²) in [4.78, 5) is 0. The standard InChI is InChI=1S/2C5H10O.Al.3H/c2*1-2-4-6-5-3-1;;;;/h2*1-5H2;;;;. The highest BCUT2D eigenvalue weighted by molar-refractivity contribution is 5.75.